The molecule has 2 rings (SSSR count). The third-order valence-corrected chi connectivity index (χ3v) is 3.56. The highest BCUT2D eigenvalue weighted by Gasteiger charge is 2.23. The van der Waals surface area contributed by atoms with Gasteiger partial charge in [0, 0.05) is 24.7 Å². The van der Waals surface area contributed by atoms with Crippen LogP contribution in [0.3, 0.4) is 0 Å². The molecule has 0 radical (unpaired) electrons. The number of hydrogen-bond donors (Lipinski definition) is 0. The average Bonchev–Trinajstić information content (AvgIpc) is 2.86. The minimum atomic E-state index is 0.190. The van der Waals surface area contributed by atoms with Crippen LogP contribution in [0.15, 0.2) is 11.3 Å². The van der Waals surface area contributed by atoms with Gasteiger partial charge in [0.25, 0.3) is 0 Å². The van der Waals surface area contributed by atoms with E-state index in [0.29, 0.717) is 0 Å². The van der Waals surface area contributed by atoms with Crippen molar-refractivity contribution in [2.45, 2.75) is 45.4 Å². The molecule has 0 N–H and O–H groups in total. The summed E-state index contributed by atoms with van der Waals surface area (Å²) in [4.78, 5) is 2.56. The smallest absolute Gasteiger partial charge is 0.0656 e. The second-order valence-electron chi connectivity index (χ2n) is 4.83. The van der Waals surface area contributed by atoms with E-state index in [1.54, 1.807) is 11.3 Å². The number of hydrogen-bond acceptors (Lipinski definition) is 2. The highest BCUT2D eigenvalue weighted by atomic mass is 15.2. The zero-order chi connectivity index (χ0) is 10.7. The first-order valence-electron chi connectivity index (χ1n) is 6.16. The summed E-state index contributed by atoms with van der Waals surface area (Å²) in [6.45, 7) is 4.53. The molecule has 0 aromatic rings. The van der Waals surface area contributed by atoms with Crippen molar-refractivity contribution in [3.05, 3.63) is 11.3 Å². The van der Waals surface area contributed by atoms with Crippen LogP contribution in [-0.4, -0.2) is 18.0 Å². The topological polar surface area (TPSA) is 27.0 Å². The molecule has 0 aromatic carbocycles. The van der Waals surface area contributed by atoms with Gasteiger partial charge < -0.3 is 4.90 Å². The fourth-order valence-corrected chi connectivity index (χ4v) is 2.79. The van der Waals surface area contributed by atoms with Gasteiger partial charge >= 0.3 is 0 Å². The van der Waals surface area contributed by atoms with Gasteiger partial charge in [0.1, 0.15) is 0 Å². The fourth-order valence-electron chi connectivity index (χ4n) is 2.79. The summed E-state index contributed by atoms with van der Waals surface area (Å²) in [6, 6.07) is 2.35. The van der Waals surface area contributed by atoms with Crippen LogP contribution in [-0.2, 0) is 0 Å². The molecule has 2 aliphatic rings. The lowest BCUT2D eigenvalue weighted by Gasteiger charge is -2.21. The molecule has 1 saturated heterocycles. The van der Waals surface area contributed by atoms with Crippen LogP contribution in [0.5, 0.6) is 0 Å². The summed E-state index contributed by atoms with van der Waals surface area (Å²) in [5, 5.41) is 8.86. The normalized spacial score (nSPS) is 23.3. The van der Waals surface area contributed by atoms with Crippen molar-refractivity contribution in [1.29, 1.82) is 5.26 Å². The van der Waals surface area contributed by atoms with E-state index in [2.05, 4.69) is 11.0 Å². The van der Waals surface area contributed by atoms with Crippen molar-refractivity contribution >= 4 is 0 Å². The van der Waals surface area contributed by atoms with Gasteiger partial charge in [-0.05, 0) is 51.0 Å². The van der Waals surface area contributed by atoms with Crippen LogP contribution in [0.25, 0.3) is 0 Å². The summed E-state index contributed by atoms with van der Waals surface area (Å²) in [5.41, 5.74) is 3.17. The quantitative estimate of drug-likeness (QED) is 0.706. The van der Waals surface area contributed by atoms with Gasteiger partial charge in [0.05, 0.1) is 6.07 Å². The molecule has 1 aliphatic heterocycles. The number of nitriles is 1. The van der Waals surface area contributed by atoms with Crippen LogP contribution in [0.4, 0.5) is 0 Å². The SMILES string of the molecule is CC(C#N)CC1=C(N2CCCC2)CCC1. The number of rotatable bonds is 3. The van der Waals surface area contributed by atoms with E-state index in [-0.39, 0.29) is 5.92 Å². The van der Waals surface area contributed by atoms with Crippen LogP contribution >= 0.6 is 0 Å². The zero-order valence-corrected chi connectivity index (χ0v) is 9.63. The van der Waals surface area contributed by atoms with Crippen molar-refractivity contribution < 1.29 is 0 Å². The third-order valence-electron chi connectivity index (χ3n) is 3.56. The van der Waals surface area contributed by atoms with Gasteiger partial charge in [-0.25, -0.2) is 0 Å². The zero-order valence-electron chi connectivity index (χ0n) is 9.63. The monoisotopic (exact) mass is 204 g/mol. The predicted octanol–water partition coefficient (Wildman–Crippen LogP) is 3.07. The molecule has 82 valence electrons. The first-order valence-corrected chi connectivity index (χ1v) is 6.16. The second kappa shape index (κ2) is 4.70. The predicted molar refractivity (Wildman–Crippen MR) is 61.1 cm³/mol. The summed E-state index contributed by atoms with van der Waals surface area (Å²) in [6.07, 6.45) is 7.50. The number of allylic oxidation sites excluding steroid dienone is 2. The van der Waals surface area contributed by atoms with Crippen molar-refractivity contribution in [2.24, 2.45) is 5.92 Å². The summed E-state index contributed by atoms with van der Waals surface area (Å²) < 4.78 is 0. The summed E-state index contributed by atoms with van der Waals surface area (Å²) in [7, 11) is 0. The molecule has 0 spiro atoms. The molecule has 0 bridgehead atoms. The first kappa shape index (κ1) is 10.5. The summed E-state index contributed by atoms with van der Waals surface area (Å²) in [5.74, 6) is 0.190. The van der Waals surface area contributed by atoms with E-state index in [1.807, 2.05) is 6.92 Å². The molecule has 0 amide bonds. The van der Waals surface area contributed by atoms with E-state index in [0.717, 1.165) is 6.42 Å². The molecule has 2 heteroatoms. The summed E-state index contributed by atoms with van der Waals surface area (Å²) >= 11 is 0. The molecule has 0 aromatic heterocycles. The van der Waals surface area contributed by atoms with Crippen molar-refractivity contribution in [1.82, 2.24) is 4.90 Å². The Morgan fingerprint density at radius 1 is 1.27 bits per heavy atom. The third kappa shape index (κ3) is 2.34. The van der Waals surface area contributed by atoms with Gasteiger partial charge in [0.2, 0.25) is 0 Å². The lowest BCUT2D eigenvalue weighted by Crippen LogP contribution is -2.18. The largest absolute Gasteiger partial charge is 0.375 e. The molecule has 0 saturated carbocycles. The Bertz CT molecular complexity index is 292. The van der Waals surface area contributed by atoms with E-state index in [1.165, 1.54) is 45.2 Å². The fraction of sp³-hybridized carbons (Fsp3) is 0.769. The first-order chi connectivity index (χ1) is 7.31. The van der Waals surface area contributed by atoms with Crippen molar-refractivity contribution in [2.75, 3.05) is 13.1 Å². The Hall–Kier alpha value is -0.970. The lowest BCUT2D eigenvalue weighted by atomic mass is 10.0. The standard InChI is InChI=1S/C13H20N2/c1-11(10-14)9-12-5-4-6-13(12)15-7-2-3-8-15/h11H,2-9H2,1H3. The van der Waals surface area contributed by atoms with E-state index in [4.69, 9.17) is 5.26 Å². The maximum Gasteiger partial charge on any atom is 0.0656 e. The van der Waals surface area contributed by atoms with Crippen LogP contribution in [0.2, 0.25) is 0 Å². The number of nitrogens with zero attached hydrogens (tertiary/aromatic N) is 2. The Kier molecular flexibility index (Phi) is 3.30. The minimum Gasteiger partial charge on any atom is -0.375 e. The Labute approximate surface area is 92.6 Å². The molecular formula is C13H20N2. The number of likely N-dealkylation sites (tertiary alicyclic amines) is 1. The van der Waals surface area contributed by atoms with Gasteiger partial charge in [0.15, 0.2) is 0 Å². The molecule has 1 unspecified atom stereocenters. The highest BCUT2D eigenvalue weighted by molar-refractivity contribution is 5.20. The average molecular weight is 204 g/mol. The molecular weight excluding hydrogens is 184 g/mol. The Balaban J connectivity index is 2.05. The molecule has 1 atom stereocenters. The lowest BCUT2D eigenvalue weighted by molar-refractivity contribution is 0.410. The van der Waals surface area contributed by atoms with Gasteiger partial charge in [-0.3, -0.25) is 0 Å². The maximum atomic E-state index is 8.86. The van der Waals surface area contributed by atoms with E-state index >= 15 is 0 Å². The second-order valence-corrected chi connectivity index (χ2v) is 4.83. The Morgan fingerprint density at radius 2 is 2.00 bits per heavy atom. The van der Waals surface area contributed by atoms with Crippen LogP contribution in [0.1, 0.15) is 45.4 Å². The molecule has 2 nitrogen and oxygen atoms in total. The molecule has 1 fully saturated rings. The van der Waals surface area contributed by atoms with E-state index < -0.39 is 0 Å². The Morgan fingerprint density at radius 3 is 2.67 bits per heavy atom. The van der Waals surface area contributed by atoms with Crippen LogP contribution in [0, 0.1) is 17.2 Å². The molecule has 1 aliphatic carbocycles. The van der Waals surface area contributed by atoms with Crippen molar-refractivity contribution in [3.8, 4) is 6.07 Å². The highest BCUT2D eigenvalue weighted by Crippen LogP contribution is 2.34. The minimum absolute atomic E-state index is 0.190. The van der Waals surface area contributed by atoms with Crippen molar-refractivity contribution in [3.63, 3.8) is 0 Å². The van der Waals surface area contributed by atoms with E-state index in [9.17, 15) is 0 Å². The molecule has 15 heavy (non-hydrogen) atoms. The maximum absolute atomic E-state index is 8.86. The molecule has 1 heterocycles. The van der Waals surface area contributed by atoms with Gasteiger partial charge in [-0.2, -0.15) is 5.26 Å². The van der Waals surface area contributed by atoms with Gasteiger partial charge in [-0.15, -0.1) is 0 Å². The van der Waals surface area contributed by atoms with Crippen LogP contribution < -0.4 is 0 Å². The van der Waals surface area contributed by atoms with Gasteiger partial charge in [-0.1, -0.05) is 0 Å².